The minimum absolute atomic E-state index is 0.0339. The molecule has 2 aromatic carbocycles. The number of fused-ring (bicyclic) bond motifs is 1. The molecule has 0 bridgehead atoms. The molecule has 0 unspecified atom stereocenters. The van der Waals surface area contributed by atoms with Crippen LogP contribution in [0.25, 0.3) is 5.69 Å². The predicted molar refractivity (Wildman–Crippen MR) is 85.4 cm³/mol. The molecule has 1 aliphatic heterocycles. The summed E-state index contributed by atoms with van der Waals surface area (Å²) in [5.41, 5.74) is 2.12. The lowest BCUT2D eigenvalue weighted by atomic mass is 10.1. The fourth-order valence-electron chi connectivity index (χ4n) is 3.16. The first kappa shape index (κ1) is 13.5. The second-order valence-electron chi connectivity index (χ2n) is 5.61. The molecule has 0 amide bonds. The Morgan fingerprint density at radius 2 is 1.96 bits per heavy atom. The van der Waals surface area contributed by atoms with E-state index in [-0.39, 0.29) is 11.7 Å². The van der Waals surface area contributed by atoms with Crippen molar-refractivity contribution in [1.82, 2.24) is 14.3 Å². The molecule has 3 aromatic rings. The van der Waals surface area contributed by atoms with Crippen LogP contribution in [-0.2, 0) is 6.42 Å². The monoisotopic (exact) mass is 302 g/mol. The van der Waals surface area contributed by atoms with Gasteiger partial charge in [0.1, 0.15) is 5.82 Å². The van der Waals surface area contributed by atoms with Gasteiger partial charge in [-0.3, -0.25) is 4.57 Å². The van der Waals surface area contributed by atoms with E-state index in [9.17, 15) is 4.79 Å². The zero-order chi connectivity index (χ0) is 15.8. The van der Waals surface area contributed by atoms with E-state index in [0.29, 0.717) is 11.3 Å². The molecule has 2 heterocycles. The van der Waals surface area contributed by atoms with Crippen LogP contribution in [0, 0.1) is 11.3 Å². The van der Waals surface area contributed by atoms with Crippen LogP contribution >= 0.6 is 0 Å². The number of nitriles is 1. The van der Waals surface area contributed by atoms with Crippen LogP contribution in [0.3, 0.4) is 0 Å². The molecule has 0 saturated heterocycles. The highest BCUT2D eigenvalue weighted by atomic mass is 16.2. The van der Waals surface area contributed by atoms with Gasteiger partial charge in [-0.05, 0) is 30.2 Å². The lowest BCUT2D eigenvalue weighted by Gasteiger charge is -2.11. The van der Waals surface area contributed by atoms with Crippen molar-refractivity contribution in [3.8, 4) is 11.8 Å². The topological polar surface area (TPSA) is 63.6 Å². The fourth-order valence-corrected chi connectivity index (χ4v) is 3.16. The van der Waals surface area contributed by atoms with Gasteiger partial charge in [0.2, 0.25) is 0 Å². The minimum atomic E-state index is -0.151. The number of rotatable bonds is 2. The maximum absolute atomic E-state index is 12.8. The number of aromatic nitrogens is 3. The van der Waals surface area contributed by atoms with Crippen LogP contribution in [0.1, 0.15) is 29.4 Å². The Hall–Kier alpha value is -3.13. The second kappa shape index (κ2) is 5.25. The Bertz CT molecular complexity index is 963. The highest BCUT2D eigenvalue weighted by Gasteiger charge is 2.29. The Labute approximate surface area is 133 Å². The normalized spacial score (nSPS) is 16.0. The summed E-state index contributed by atoms with van der Waals surface area (Å²) >= 11 is 0. The Balaban J connectivity index is 1.83. The zero-order valence-electron chi connectivity index (χ0n) is 12.4. The Morgan fingerprint density at radius 1 is 1.13 bits per heavy atom. The van der Waals surface area contributed by atoms with E-state index in [1.165, 1.54) is 4.68 Å². The molecular formula is C18H14N4O. The van der Waals surface area contributed by atoms with Gasteiger partial charge in [-0.1, -0.05) is 36.4 Å². The lowest BCUT2D eigenvalue weighted by Crippen LogP contribution is -2.26. The third-order valence-electron chi connectivity index (χ3n) is 4.24. The van der Waals surface area contributed by atoms with Gasteiger partial charge in [0.15, 0.2) is 0 Å². The fraction of sp³-hybridized carbons (Fsp3) is 0.167. The number of hydrogen-bond acceptors (Lipinski definition) is 3. The van der Waals surface area contributed by atoms with Gasteiger partial charge < -0.3 is 0 Å². The van der Waals surface area contributed by atoms with E-state index >= 15 is 0 Å². The SMILES string of the molecule is N#Cc1cccc(-n2nc3n(c2=O)[C@H](c2ccccc2)CC3)c1. The van der Waals surface area contributed by atoms with Crippen molar-refractivity contribution in [3.05, 3.63) is 82.0 Å². The van der Waals surface area contributed by atoms with Crippen molar-refractivity contribution >= 4 is 0 Å². The standard InChI is InChI=1S/C18H14N4O/c19-12-13-5-4-8-15(11-13)22-18(23)21-16(9-10-17(21)20-22)14-6-2-1-3-7-14/h1-8,11,16H,9-10H2/t16-/m0/s1. The van der Waals surface area contributed by atoms with Crippen LogP contribution in [0.2, 0.25) is 0 Å². The number of aryl methyl sites for hydroxylation is 1. The third kappa shape index (κ3) is 2.16. The summed E-state index contributed by atoms with van der Waals surface area (Å²) in [6, 6.07) is 19.1. The maximum Gasteiger partial charge on any atom is 0.351 e. The van der Waals surface area contributed by atoms with E-state index in [2.05, 4.69) is 11.2 Å². The summed E-state index contributed by atoms with van der Waals surface area (Å²) in [5, 5.41) is 13.5. The average molecular weight is 302 g/mol. The summed E-state index contributed by atoms with van der Waals surface area (Å²) in [5.74, 6) is 0.797. The van der Waals surface area contributed by atoms with Crippen LogP contribution in [0.4, 0.5) is 0 Å². The quantitative estimate of drug-likeness (QED) is 0.730. The van der Waals surface area contributed by atoms with Crippen molar-refractivity contribution in [2.75, 3.05) is 0 Å². The van der Waals surface area contributed by atoms with Crippen molar-refractivity contribution in [1.29, 1.82) is 5.26 Å². The number of hydrogen-bond donors (Lipinski definition) is 0. The van der Waals surface area contributed by atoms with Crippen LogP contribution < -0.4 is 5.69 Å². The largest absolute Gasteiger partial charge is 0.351 e. The van der Waals surface area contributed by atoms with E-state index in [1.54, 1.807) is 28.8 Å². The van der Waals surface area contributed by atoms with Crippen molar-refractivity contribution < 1.29 is 0 Å². The third-order valence-corrected chi connectivity index (χ3v) is 4.24. The summed E-state index contributed by atoms with van der Waals surface area (Å²) < 4.78 is 3.17. The lowest BCUT2D eigenvalue weighted by molar-refractivity contribution is 0.588. The molecule has 5 heteroatoms. The molecule has 1 atom stereocenters. The molecule has 4 rings (SSSR count). The molecule has 0 N–H and O–H groups in total. The molecule has 1 aliphatic rings. The molecular weight excluding hydrogens is 288 g/mol. The molecule has 112 valence electrons. The summed E-state index contributed by atoms with van der Waals surface area (Å²) in [6.07, 6.45) is 1.67. The number of benzene rings is 2. The van der Waals surface area contributed by atoms with E-state index in [1.807, 2.05) is 30.3 Å². The second-order valence-corrected chi connectivity index (χ2v) is 5.61. The van der Waals surface area contributed by atoms with Crippen LogP contribution in [0.15, 0.2) is 59.4 Å². The van der Waals surface area contributed by atoms with Crippen molar-refractivity contribution in [2.24, 2.45) is 0 Å². The molecule has 0 spiro atoms. The van der Waals surface area contributed by atoms with Crippen molar-refractivity contribution in [3.63, 3.8) is 0 Å². The van der Waals surface area contributed by atoms with Gasteiger partial charge in [0, 0.05) is 6.42 Å². The van der Waals surface area contributed by atoms with Gasteiger partial charge in [0.25, 0.3) is 0 Å². The van der Waals surface area contributed by atoms with Gasteiger partial charge in [-0.25, -0.2) is 4.79 Å². The highest BCUT2D eigenvalue weighted by molar-refractivity contribution is 5.40. The highest BCUT2D eigenvalue weighted by Crippen LogP contribution is 2.29. The maximum atomic E-state index is 12.8. The summed E-state index contributed by atoms with van der Waals surface area (Å²) in [6.45, 7) is 0. The van der Waals surface area contributed by atoms with Gasteiger partial charge >= 0.3 is 5.69 Å². The molecule has 1 aromatic heterocycles. The minimum Gasteiger partial charge on any atom is -0.271 e. The molecule has 0 aliphatic carbocycles. The van der Waals surface area contributed by atoms with Crippen molar-refractivity contribution in [2.45, 2.75) is 18.9 Å². The van der Waals surface area contributed by atoms with E-state index in [0.717, 1.165) is 24.2 Å². The van der Waals surface area contributed by atoms with Crippen LogP contribution in [-0.4, -0.2) is 14.3 Å². The molecule has 0 saturated carbocycles. The summed E-state index contributed by atoms with van der Waals surface area (Å²) in [4.78, 5) is 12.8. The first-order chi connectivity index (χ1) is 11.3. The summed E-state index contributed by atoms with van der Waals surface area (Å²) in [7, 11) is 0. The van der Waals surface area contributed by atoms with Gasteiger partial charge in [0.05, 0.1) is 23.4 Å². The smallest absolute Gasteiger partial charge is 0.271 e. The van der Waals surface area contributed by atoms with Gasteiger partial charge in [-0.15, -0.1) is 5.10 Å². The Kier molecular flexibility index (Phi) is 3.09. The van der Waals surface area contributed by atoms with Crippen LogP contribution in [0.5, 0.6) is 0 Å². The molecule has 0 fully saturated rings. The first-order valence-electron chi connectivity index (χ1n) is 7.54. The van der Waals surface area contributed by atoms with E-state index in [4.69, 9.17) is 5.26 Å². The predicted octanol–water partition coefficient (Wildman–Crippen LogP) is 2.44. The molecule has 5 nitrogen and oxygen atoms in total. The number of nitrogens with zero attached hydrogens (tertiary/aromatic N) is 4. The molecule has 23 heavy (non-hydrogen) atoms. The van der Waals surface area contributed by atoms with Gasteiger partial charge in [-0.2, -0.15) is 9.94 Å². The average Bonchev–Trinajstić information content (AvgIpc) is 3.16. The van der Waals surface area contributed by atoms with E-state index < -0.39 is 0 Å². The zero-order valence-corrected chi connectivity index (χ0v) is 12.4. The Morgan fingerprint density at radius 3 is 2.74 bits per heavy atom. The molecule has 0 radical (unpaired) electrons. The first-order valence-corrected chi connectivity index (χ1v) is 7.54.